The molecule has 2 aromatic carbocycles. The number of nitrogens with zero attached hydrogens (tertiary/aromatic N) is 3. The maximum atomic E-state index is 12.4. The zero-order chi connectivity index (χ0) is 20.2. The fraction of sp³-hybridized carbons (Fsp3) is 0.174. The molecule has 0 aliphatic rings. The van der Waals surface area contributed by atoms with Crippen molar-refractivity contribution in [3.05, 3.63) is 83.8 Å². The van der Waals surface area contributed by atoms with Crippen molar-refractivity contribution in [1.29, 1.82) is 0 Å². The topological polar surface area (TPSA) is 71.8 Å². The van der Waals surface area contributed by atoms with E-state index in [0.717, 1.165) is 39.2 Å². The highest BCUT2D eigenvalue weighted by atomic mass is 16.2. The van der Waals surface area contributed by atoms with Gasteiger partial charge in [0.1, 0.15) is 0 Å². The van der Waals surface area contributed by atoms with Crippen LogP contribution in [0.5, 0.6) is 0 Å². The lowest BCUT2D eigenvalue weighted by molar-refractivity contribution is 0.252. The van der Waals surface area contributed by atoms with Crippen molar-refractivity contribution in [1.82, 2.24) is 20.1 Å². The van der Waals surface area contributed by atoms with Gasteiger partial charge in [0, 0.05) is 23.8 Å². The molecule has 6 nitrogen and oxygen atoms in total. The molecule has 29 heavy (non-hydrogen) atoms. The predicted octanol–water partition coefficient (Wildman–Crippen LogP) is 4.40. The first-order valence-electron chi connectivity index (χ1n) is 9.62. The van der Waals surface area contributed by atoms with Crippen LogP contribution >= 0.6 is 0 Å². The Morgan fingerprint density at radius 1 is 1.00 bits per heavy atom. The number of anilines is 1. The zero-order valence-electron chi connectivity index (χ0n) is 16.5. The van der Waals surface area contributed by atoms with E-state index in [2.05, 4.69) is 20.7 Å². The highest BCUT2D eigenvalue weighted by molar-refractivity contribution is 6.01. The molecule has 2 amide bonds. The molecule has 0 saturated carbocycles. The fourth-order valence-corrected chi connectivity index (χ4v) is 3.54. The van der Waals surface area contributed by atoms with Crippen LogP contribution < -0.4 is 10.6 Å². The third-order valence-electron chi connectivity index (χ3n) is 5.01. The number of hydrogen-bond acceptors (Lipinski definition) is 3. The third-order valence-corrected chi connectivity index (χ3v) is 5.01. The summed E-state index contributed by atoms with van der Waals surface area (Å²) in [4.78, 5) is 16.8. The minimum absolute atomic E-state index is 0.214. The predicted molar refractivity (Wildman–Crippen MR) is 116 cm³/mol. The fourth-order valence-electron chi connectivity index (χ4n) is 3.54. The average Bonchev–Trinajstić information content (AvgIpc) is 3.03. The molecule has 0 aliphatic carbocycles. The number of pyridine rings is 1. The van der Waals surface area contributed by atoms with E-state index in [9.17, 15) is 4.79 Å². The van der Waals surface area contributed by atoms with Crippen LogP contribution in [0.2, 0.25) is 0 Å². The Morgan fingerprint density at radius 2 is 1.79 bits per heavy atom. The van der Waals surface area contributed by atoms with E-state index in [1.165, 1.54) is 0 Å². The average molecular weight is 385 g/mol. The van der Waals surface area contributed by atoms with Gasteiger partial charge in [0.25, 0.3) is 0 Å². The second kappa shape index (κ2) is 8.14. The molecule has 0 bridgehead atoms. The summed E-state index contributed by atoms with van der Waals surface area (Å²) in [6, 6.07) is 19.4. The van der Waals surface area contributed by atoms with Gasteiger partial charge in [-0.1, -0.05) is 42.5 Å². The lowest BCUT2D eigenvalue weighted by Gasteiger charge is -2.10. The molecule has 146 valence electrons. The van der Waals surface area contributed by atoms with Crippen LogP contribution in [0.3, 0.4) is 0 Å². The second-order valence-corrected chi connectivity index (χ2v) is 6.91. The molecule has 4 rings (SSSR count). The first-order chi connectivity index (χ1) is 14.1. The zero-order valence-corrected chi connectivity index (χ0v) is 16.5. The van der Waals surface area contributed by atoms with Crippen LogP contribution in [0.25, 0.3) is 16.6 Å². The quantitative estimate of drug-likeness (QED) is 0.535. The summed E-state index contributed by atoms with van der Waals surface area (Å²) in [5.41, 5.74) is 3.92. The van der Waals surface area contributed by atoms with Crippen molar-refractivity contribution in [3.8, 4) is 5.82 Å². The molecular formula is C23H23N5O. The molecule has 2 heterocycles. The monoisotopic (exact) mass is 385 g/mol. The number of aryl methyl sites for hydroxylation is 1. The highest BCUT2D eigenvalue weighted by Crippen LogP contribution is 2.22. The molecule has 0 atom stereocenters. The minimum Gasteiger partial charge on any atom is -0.338 e. The summed E-state index contributed by atoms with van der Waals surface area (Å²) in [5, 5.41) is 12.6. The van der Waals surface area contributed by atoms with E-state index in [0.29, 0.717) is 13.0 Å². The number of benzene rings is 2. The van der Waals surface area contributed by atoms with Crippen LogP contribution in [0.1, 0.15) is 17.0 Å². The lowest BCUT2D eigenvalue weighted by atomic mass is 10.1. The van der Waals surface area contributed by atoms with Crippen LogP contribution in [0.4, 0.5) is 10.5 Å². The number of carbonyl (C=O) groups excluding carboxylic acids is 1. The van der Waals surface area contributed by atoms with Gasteiger partial charge in [-0.25, -0.2) is 14.5 Å². The van der Waals surface area contributed by atoms with Crippen LogP contribution in [0.15, 0.2) is 66.9 Å². The normalized spacial score (nSPS) is 10.8. The standard InChI is InChI=1S/C23H23N5O/c1-16-19(17(2)28(27-16)22-12-5-6-14-24-22)13-15-25-23(29)26-21-11-7-9-18-8-3-4-10-20(18)21/h3-12,14H,13,15H2,1-2H3,(H2,25,26,29). The molecule has 2 aromatic heterocycles. The Morgan fingerprint density at radius 3 is 2.62 bits per heavy atom. The van der Waals surface area contributed by atoms with Gasteiger partial charge >= 0.3 is 6.03 Å². The molecule has 2 N–H and O–H groups in total. The number of fused-ring (bicyclic) bond motifs is 1. The number of amides is 2. The van der Waals surface area contributed by atoms with Crippen molar-refractivity contribution in [2.75, 3.05) is 11.9 Å². The van der Waals surface area contributed by atoms with E-state index >= 15 is 0 Å². The number of urea groups is 1. The van der Waals surface area contributed by atoms with Gasteiger partial charge in [-0.05, 0) is 49.4 Å². The van der Waals surface area contributed by atoms with Crippen LogP contribution in [-0.4, -0.2) is 27.3 Å². The maximum absolute atomic E-state index is 12.4. The third kappa shape index (κ3) is 3.96. The Kier molecular flexibility index (Phi) is 5.24. The molecule has 0 unspecified atom stereocenters. The summed E-state index contributed by atoms with van der Waals surface area (Å²) in [5.74, 6) is 0.793. The number of rotatable bonds is 5. The highest BCUT2D eigenvalue weighted by Gasteiger charge is 2.13. The van der Waals surface area contributed by atoms with E-state index in [1.807, 2.05) is 79.2 Å². The summed E-state index contributed by atoms with van der Waals surface area (Å²) in [7, 11) is 0. The molecule has 0 aliphatic heterocycles. The molecule has 0 fully saturated rings. The number of nitrogens with one attached hydrogen (secondary N) is 2. The first kappa shape index (κ1) is 18.7. The summed E-state index contributed by atoms with van der Waals surface area (Å²) in [6.07, 6.45) is 2.46. The molecule has 0 radical (unpaired) electrons. The van der Waals surface area contributed by atoms with Crippen molar-refractivity contribution < 1.29 is 4.79 Å². The lowest BCUT2D eigenvalue weighted by Crippen LogP contribution is -2.30. The van der Waals surface area contributed by atoms with Gasteiger partial charge in [0.2, 0.25) is 0 Å². The van der Waals surface area contributed by atoms with E-state index in [-0.39, 0.29) is 6.03 Å². The van der Waals surface area contributed by atoms with Crippen molar-refractivity contribution >= 4 is 22.5 Å². The first-order valence-corrected chi connectivity index (χ1v) is 9.62. The Hall–Kier alpha value is -3.67. The molecule has 0 saturated heterocycles. The molecule has 4 aromatic rings. The Labute approximate surface area is 169 Å². The van der Waals surface area contributed by atoms with Crippen molar-refractivity contribution in [2.45, 2.75) is 20.3 Å². The van der Waals surface area contributed by atoms with Gasteiger partial charge < -0.3 is 10.6 Å². The van der Waals surface area contributed by atoms with Gasteiger partial charge in [-0.15, -0.1) is 0 Å². The second-order valence-electron chi connectivity index (χ2n) is 6.91. The van der Waals surface area contributed by atoms with Gasteiger partial charge in [0.15, 0.2) is 5.82 Å². The number of hydrogen-bond donors (Lipinski definition) is 2. The number of aromatic nitrogens is 3. The minimum atomic E-state index is -0.214. The van der Waals surface area contributed by atoms with Gasteiger partial charge in [-0.3, -0.25) is 0 Å². The molecular weight excluding hydrogens is 362 g/mol. The van der Waals surface area contributed by atoms with Crippen molar-refractivity contribution in [3.63, 3.8) is 0 Å². The Balaban J connectivity index is 1.40. The number of carbonyl (C=O) groups is 1. The molecule has 0 spiro atoms. The van der Waals surface area contributed by atoms with Gasteiger partial charge in [-0.2, -0.15) is 5.10 Å². The SMILES string of the molecule is Cc1nn(-c2ccccn2)c(C)c1CCNC(=O)Nc1cccc2ccccc12. The Bertz CT molecular complexity index is 1150. The van der Waals surface area contributed by atoms with E-state index in [4.69, 9.17) is 0 Å². The van der Waals surface area contributed by atoms with Crippen LogP contribution in [-0.2, 0) is 6.42 Å². The van der Waals surface area contributed by atoms with Crippen LogP contribution in [0, 0.1) is 13.8 Å². The summed E-state index contributed by atoms with van der Waals surface area (Å²) < 4.78 is 1.85. The summed E-state index contributed by atoms with van der Waals surface area (Å²) >= 11 is 0. The van der Waals surface area contributed by atoms with E-state index in [1.54, 1.807) is 6.20 Å². The molecule has 6 heteroatoms. The maximum Gasteiger partial charge on any atom is 0.319 e. The van der Waals surface area contributed by atoms with Gasteiger partial charge in [0.05, 0.1) is 11.4 Å². The smallest absolute Gasteiger partial charge is 0.319 e. The largest absolute Gasteiger partial charge is 0.338 e. The summed E-state index contributed by atoms with van der Waals surface area (Å²) in [6.45, 7) is 4.53. The van der Waals surface area contributed by atoms with Crippen molar-refractivity contribution in [2.24, 2.45) is 0 Å². The van der Waals surface area contributed by atoms with E-state index < -0.39 is 0 Å².